The third kappa shape index (κ3) is 5.24. The summed E-state index contributed by atoms with van der Waals surface area (Å²) >= 11 is 0. The number of aromatic nitrogens is 1. The van der Waals surface area contributed by atoms with Crippen LogP contribution in [0.4, 0.5) is 0 Å². The van der Waals surface area contributed by atoms with Crippen LogP contribution in [0.25, 0.3) is 22.2 Å². The van der Waals surface area contributed by atoms with Gasteiger partial charge >= 0.3 is 0 Å². The number of carbonyl (C=O) groups excluding carboxylic acids is 3. The molecule has 186 valence electrons. The molecule has 0 spiro atoms. The number of hydrogen-bond acceptors (Lipinski definition) is 5. The van der Waals surface area contributed by atoms with E-state index in [0.717, 1.165) is 16.5 Å². The molecule has 1 aromatic carbocycles. The molecule has 0 radical (unpaired) electrons. The average molecular weight is 481 g/mol. The lowest BCUT2D eigenvalue weighted by molar-refractivity contribution is -0.123. The first-order valence-electron chi connectivity index (χ1n) is 11.9. The summed E-state index contributed by atoms with van der Waals surface area (Å²) in [6.45, 7) is 8.76. The van der Waals surface area contributed by atoms with Crippen LogP contribution in [0.2, 0.25) is 0 Å². The van der Waals surface area contributed by atoms with Gasteiger partial charge in [0, 0.05) is 36.6 Å². The van der Waals surface area contributed by atoms with Crippen molar-refractivity contribution in [2.45, 2.75) is 45.9 Å². The number of nitrogens with one attached hydrogen (secondary N) is 3. The van der Waals surface area contributed by atoms with Crippen molar-refractivity contribution in [3.63, 3.8) is 0 Å². The zero-order chi connectivity index (χ0) is 25.3. The molecular weight excluding hydrogens is 448 g/mol. The molecule has 0 bridgehead atoms. The molecule has 35 heavy (non-hydrogen) atoms. The fourth-order valence-corrected chi connectivity index (χ4v) is 4.43. The number of furan rings is 1. The maximum absolute atomic E-state index is 13.0. The van der Waals surface area contributed by atoms with Gasteiger partial charge in [0.05, 0.1) is 12.2 Å². The second-order valence-electron chi connectivity index (χ2n) is 9.43. The highest BCUT2D eigenvalue weighted by Gasteiger charge is 2.28. The van der Waals surface area contributed by atoms with Crippen molar-refractivity contribution in [3.8, 4) is 11.3 Å². The molecule has 2 unspecified atom stereocenters. The van der Waals surface area contributed by atoms with Crippen molar-refractivity contribution in [2.75, 3.05) is 20.1 Å². The van der Waals surface area contributed by atoms with Gasteiger partial charge in [-0.15, -0.1) is 0 Å². The van der Waals surface area contributed by atoms with Crippen LogP contribution < -0.4 is 10.6 Å². The van der Waals surface area contributed by atoms with E-state index in [-0.39, 0.29) is 35.7 Å². The van der Waals surface area contributed by atoms with E-state index in [0.29, 0.717) is 24.5 Å². The maximum atomic E-state index is 13.0. The van der Waals surface area contributed by atoms with Gasteiger partial charge in [-0.1, -0.05) is 26.0 Å². The van der Waals surface area contributed by atoms with Gasteiger partial charge in [-0.05, 0) is 44.0 Å². The molecule has 9 heteroatoms. The molecule has 4 rings (SSSR count). The van der Waals surface area contributed by atoms with E-state index in [1.165, 1.54) is 7.05 Å². The van der Waals surface area contributed by atoms with Crippen molar-refractivity contribution >= 4 is 28.6 Å². The fraction of sp³-hybridized carbons (Fsp3) is 0.423. The number of rotatable bonds is 6. The maximum Gasteiger partial charge on any atom is 0.287 e. The number of benzene rings is 1. The molecule has 3 atom stereocenters. The number of carbonyl (C=O) groups is 3. The van der Waals surface area contributed by atoms with E-state index in [1.54, 1.807) is 12.1 Å². The van der Waals surface area contributed by atoms with E-state index < -0.39 is 11.9 Å². The fourth-order valence-electron chi connectivity index (χ4n) is 4.43. The smallest absolute Gasteiger partial charge is 0.287 e. The van der Waals surface area contributed by atoms with Crippen molar-refractivity contribution in [3.05, 3.63) is 47.9 Å². The number of H-pyrrole nitrogens is 1. The highest BCUT2D eigenvalue weighted by Crippen LogP contribution is 2.27. The van der Waals surface area contributed by atoms with Crippen LogP contribution in [0.5, 0.6) is 0 Å². The Labute approximate surface area is 204 Å². The number of aromatic amines is 1. The standard InChI is InChI=1S/C26H32N4O5/c1-14(2)23(25(32)27-5)29-24(31)22-9-8-21(35-22)18-7-6-17-10-20(28-19(17)11-18)26(33)30-12-15(3)34-16(4)13-30/h6-11,14-16,23,28H,12-13H2,1-5H3,(H,27,32)(H,29,31)/t15-,16?,23?/m0/s1. The van der Waals surface area contributed by atoms with Gasteiger partial charge in [-0.25, -0.2) is 0 Å². The highest BCUT2D eigenvalue weighted by molar-refractivity contribution is 5.99. The summed E-state index contributed by atoms with van der Waals surface area (Å²) in [5, 5.41) is 6.20. The van der Waals surface area contributed by atoms with Crippen LogP contribution in [0.15, 0.2) is 40.8 Å². The number of ether oxygens (including phenoxy) is 1. The van der Waals surface area contributed by atoms with Gasteiger partial charge in [0.15, 0.2) is 5.76 Å². The van der Waals surface area contributed by atoms with Crippen LogP contribution in [0.1, 0.15) is 48.7 Å². The van der Waals surface area contributed by atoms with Crippen molar-refractivity contribution in [2.24, 2.45) is 5.92 Å². The van der Waals surface area contributed by atoms with Gasteiger partial charge < -0.3 is 29.7 Å². The lowest BCUT2D eigenvalue weighted by atomic mass is 10.0. The normalized spacial score (nSPS) is 19.1. The van der Waals surface area contributed by atoms with Crippen molar-refractivity contribution in [1.82, 2.24) is 20.5 Å². The molecule has 1 fully saturated rings. The number of nitrogens with zero attached hydrogens (tertiary/aromatic N) is 1. The quantitative estimate of drug-likeness (QED) is 0.501. The van der Waals surface area contributed by atoms with E-state index in [9.17, 15) is 14.4 Å². The van der Waals surface area contributed by atoms with Crippen LogP contribution in [-0.4, -0.2) is 66.0 Å². The number of morpholine rings is 1. The zero-order valence-electron chi connectivity index (χ0n) is 20.7. The number of likely N-dealkylation sites (N-methyl/N-ethyl adjacent to an activating group) is 1. The Bertz CT molecular complexity index is 1230. The van der Waals surface area contributed by atoms with Crippen molar-refractivity contribution < 1.29 is 23.5 Å². The molecule has 9 nitrogen and oxygen atoms in total. The molecule has 1 aliphatic heterocycles. The third-order valence-corrected chi connectivity index (χ3v) is 6.16. The SMILES string of the molecule is CNC(=O)C(NC(=O)c1ccc(-c2ccc3cc(C(=O)N4CC(C)O[C@@H](C)C4)[nH]c3c2)o1)C(C)C. The predicted octanol–water partition coefficient (Wildman–Crippen LogP) is 3.18. The summed E-state index contributed by atoms with van der Waals surface area (Å²) in [4.78, 5) is 42.8. The van der Waals surface area contributed by atoms with Crippen LogP contribution in [-0.2, 0) is 9.53 Å². The Balaban J connectivity index is 1.52. The lowest BCUT2D eigenvalue weighted by Gasteiger charge is -2.35. The zero-order valence-corrected chi connectivity index (χ0v) is 20.7. The molecule has 0 saturated carbocycles. The van der Waals surface area contributed by atoms with Crippen LogP contribution in [0.3, 0.4) is 0 Å². The summed E-state index contributed by atoms with van der Waals surface area (Å²) in [6, 6.07) is 10.2. The Morgan fingerprint density at radius 1 is 1.06 bits per heavy atom. The van der Waals surface area contributed by atoms with Gasteiger partial charge in [0.2, 0.25) is 5.91 Å². The second kappa shape index (κ2) is 9.95. The minimum Gasteiger partial charge on any atom is -0.451 e. The molecule has 1 saturated heterocycles. The Kier molecular flexibility index (Phi) is 6.98. The minimum atomic E-state index is -0.662. The number of amides is 3. The minimum absolute atomic E-state index is 0.00352. The highest BCUT2D eigenvalue weighted by atomic mass is 16.5. The molecule has 3 aromatic rings. The third-order valence-electron chi connectivity index (χ3n) is 6.16. The summed E-state index contributed by atoms with van der Waals surface area (Å²) in [5.41, 5.74) is 2.08. The first kappa shape index (κ1) is 24.5. The number of fused-ring (bicyclic) bond motifs is 1. The molecule has 3 heterocycles. The van der Waals surface area contributed by atoms with Crippen LogP contribution >= 0.6 is 0 Å². The topological polar surface area (TPSA) is 117 Å². The Morgan fingerprint density at radius 3 is 2.43 bits per heavy atom. The van der Waals surface area contributed by atoms with Gasteiger partial charge in [-0.3, -0.25) is 14.4 Å². The van der Waals surface area contributed by atoms with Gasteiger partial charge in [0.1, 0.15) is 17.5 Å². The van der Waals surface area contributed by atoms with E-state index >= 15 is 0 Å². The predicted molar refractivity (Wildman–Crippen MR) is 132 cm³/mol. The molecular formula is C26H32N4O5. The van der Waals surface area contributed by atoms with E-state index in [2.05, 4.69) is 15.6 Å². The summed E-state index contributed by atoms with van der Waals surface area (Å²) < 4.78 is 11.5. The second-order valence-corrected chi connectivity index (χ2v) is 9.43. The van der Waals surface area contributed by atoms with Gasteiger partial charge in [0.25, 0.3) is 11.8 Å². The molecule has 3 N–H and O–H groups in total. The molecule has 1 aliphatic rings. The van der Waals surface area contributed by atoms with Crippen LogP contribution in [0, 0.1) is 5.92 Å². The summed E-state index contributed by atoms with van der Waals surface area (Å²) in [7, 11) is 1.53. The summed E-state index contributed by atoms with van der Waals surface area (Å²) in [6.07, 6.45) is -0.00703. The summed E-state index contributed by atoms with van der Waals surface area (Å²) in [5.74, 6) is -0.226. The van der Waals surface area contributed by atoms with E-state index in [4.69, 9.17) is 9.15 Å². The molecule has 3 amide bonds. The Hall–Kier alpha value is -3.59. The van der Waals surface area contributed by atoms with Gasteiger partial charge in [-0.2, -0.15) is 0 Å². The monoisotopic (exact) mass is 480 g/mol. The first-order valence-corrected chi connectivity index (χ1v) is 11.9. The first-order chi connectivity index (χ1) is 16.7. The average Bonchev–Trinajstić information content (AvgIpc) is 3.47. The lowest BCUT2D eigenvalue weighted by Crippen LogP contribution is -2.48. The largest absolute Gasteiger partial charge is 0.451 e. The molecule has 0 aliphatic carbocycles. The number of hydrogen-bond donors (Lipinski definition) is 3. The van der Waals surface area contributed by atoms with Crippen molar-refractivity contribution in [1.29, 1.82) is 0 Å². The Morgan fingerprint density at radius 2 is 1.77 bits per heavy atom. The van der Waals surface area contributed by atoms with E-state index in [1.807, 2.05) is 56.9 Å². The molecule has 2 aromatic heterocycles.